The smallest absolute Gasteiger partial charge is 0.294 e. The lowest BCUT2D eigenvalue weighted by Crippen LogP contribution is -2.06. The van der Waals surface area contributed by atoms with Crippen LogP contribution in [0.25, 0.3) is 0 Å². The van der Waals surface area contributed by atoms with Crippen molar-refractivity contribution in [2.75, 3.05) is 16.9 Å². The summed E-state index contributed by atoms with van der Waals surface area (Å²) in [6.07, 6.45) is 0.715. The van der Waals surface area contributed by atoms with Gasteiger partial charge in [-0.1, -0.05) is 18.2 Å². The normalized spacial score (nSPS) is 11.0. The van der Waals surface area contributed by atoms with E-state index in [4.69, 9.17) is 9.11 Å². The third-order valence-electron chi connectivity index (χ3n) is 4.32. The van der Waals surface area contributed by atoms with Crippen LogP contribution in [-0.2, 0) is 20.2 Å². The van der Waals surface area contributed by atoms with Gasteiger partial charge in [0.1, 0.15) is 11.9 Å². The van der Waals surface area contributed by atoms with Crippen molar-refractivity contribution in [3.05, 3.63) is 71.3 Å². The Hall–Kier alpha value is -3.50. The molecule has 2 aromatic carbocycles. The topological polar surface area (TPSA) is 169 Å². The number of hydrogen-bond donors (Lipinski definition) is 4. The maximum absolute atomic E-state index is 11.2. The summed E-state index contributed by atoms with van der Waals surface area (Å²) in [4.78, 5) is 4.36. The van der Waals surface area contributed by atoms with Crippen LogP contribution in [0, 0.1) is 25.2 Å². The molecule has 33 heavy (non-hydrogen) atoms. The lowest BCUT2D eigenvalue weighted by Gasteiger charge is -2.16. The van der Waals surface area contributed by atoms with Crippen LogP contribution in [0.2, 0.25) is 0 Å². The lowest BCUT2D eigenvalue weighted by atomic mass is 10.1. The predicted molar refractivity (Wildman–Crippen MR) is 125 cm³/mol. The largest absolute Gasteiger partial charge is 0.340 e. The molecule has 0 radical (unpaired) electrons. The Labute approximate surface area is 192 Å². The molecule has 0 bridgehead atoms. The summed E-state index contributed by atoms with van der Waals surface area (Å²) in [7, 11) is -7.91. The summed E-state index contributed by atoms with van der Waals surface area (Å²) in [6, 6.07) is 17.3. The zero-order valence-corrected chi connectivity index (χ0v) is 19.6. The van der Waals surface area contributed by atoms with Crippen LogP contribution in [-0.4, -0.2) is 37.2 Å². The van der Waals surface area contributed by atoms with Crippen LogP contribution in [0.3, 0.4) is 0 Å². The molecule has 0 spiro atoms. The van der Waals surface area contributed by atoms with Crippen molar-refractivity contribution >= 4 is 43.2 Å². The molecule has 0 atom stereocenters. The van der Waals surface area contributed by atoms with Gasteiger partial charge in [0.15, 0.2) is 5.82 Å². The molecule has 0 saturated heterocycles. The molecule has 3 rings (SSSR count). The van der Waals surface area contributed by atoms with E-state index in [9.17, 15) is 22.1 Å². The number of nitrogens with one attached hydrogen (secondary N) is 2. The molecule has 12 heteroatoms. The first-order chi connectivity index (χ1) is 15.3. The molecule has 0 aliphatic carbocycles. The zero-order valence-electron chi connectivity index (χ0n) is 17.9. The summed E-state index contributed by atoms with van der Waals surface area (Å²) >= 11 is 0. The quantitative estimate of drug-likeness (QED) is 0.386. The molecule has 3 aromatic rings. The van der Waals surface area contributed by atoms with E-state index < -0.39 is 20.2 Å². The molecule has 1 heterocycles. The summed E-state index contributed by atoms with van der Waals surface area (Å²) in [6.45, 7) is 3.70. The van der Waals surface area contributed by atoms with E-state index in [2.05, 4.69) is 21.7 Å². The van der Waals surface area contributed by atoms with Crippen LogP contribution < -0.4 is 10.6 Å². The molecule has 0 aliphatic rings. The van der Waals surface area contributed by atoms with E-state index in [0.717, 1.165) is 16.8 Å². The van der Waals surface area contributed by atoms with Gasteiger partial charge in [0.2, 0.25) is 0 Å². The minimum atomic E-state index is -4.25. The predicted octanol–water partition coefficient (Wildman–Crippen LogP) is 3.81. The highest BCUT2D eigenvalue weighted by Gasteiger charge is 2.15. The van der Waals surface area contributed by atoms with E-state index in [1.54, 1.807) is 0 Å². The number of pyridine rings is 1. The molecule has 0 amide bonds. The van der Waals surface area contributed by atoms with Crippen LogP contribution >= 0.6 is 0 Å². The monoisotopic (exact) mass is 490 g/mol. The van der Waals surface area contributed by atoms with Crippen LogP contribution in [0.5, 0.6) is 0 Å². The number of nitrogens with zero attached hydrogens (tertiary/aromatic N) is 2. The van der Waals surface area contributed by atoms with E-state index in [1.165, 1.54) is 24.3 Å². The van der Waals surface area contributed by atoms with Crippen molar-refractivity contribution in [3.63, 3.8) is 0 Å². The fourth-order valence-corrected chi connectivity index (χ4v) is 3.13. The second-order valence-corrected chi connectivity index (χ2v) is 9.78. The summed E-state index contributed by atoms with van der Waals surface area (Å²) in [5, 5.41) is 15.9. The van der Waals surface area contributed by atoms with Crippen molar-refractivity contribution in [1.82, 2.24) is 4.98 Å². The van der Waals surface area contributed by atoms with Crippen molar-refractivity contribution in [2.24, 2.45) is 0 Å². The first-order valence-corrected chi connectivity index (χ1v) is 12.6. The first-order valence-electron chi connectivity index (χ1n) is 9.30. The number of benzene rings is 2. The Kier molecular flexibility index (Phi) is 8.13. The minimum Gasteiger partial charge on any atom is -0.340 e. The molecule has 10 nitrogen and oxygen atoms in total. The van der Waals surface area contributed by atoms with Crippen LogP contribution in [0.15, 0.2) is 59.5 Å². The highest BCUT2D eigenvalue weighted by molar-refractivity contribution is 7.85. The van der Waals surface area contributed by atoms with Gasteiger partial charge < -0.3 is 10.6 Å². The van der Waals surface area contributed by atoms with Gasteiger partial charge in [-0.05, 0) is 61.4 Å². The van der Waals surface area contributed by atoms with Crippen molar-refractivity contribution in [2.45, 2.75) is 18.7 Å². The Morgan fingerprint density at radius 2 is 1.30 bits per heavy atom. The molecule has 0 fully saturated rings. The summed E-state index contributed by atoms with van der Waals surface area (Å²) in [5.74, 6) is 0.961. The van der Waals surface area contributed by atoms with Gasteiger partial charge in [0, 0.05) is 11.4 Å². The van der Waals surface area contributed by atoms with Gasteiger partial charge in [0.25, 0.3) is 20.2 Å². The average molecular weight is 491 g/mol. The third-order valence-corrected chi connectivity index (χ3v) is 5.18. The van der Waals surface area contributed by atoms with Gasteiger partial charge in [-0.2, -0.15) is 22.1 Å². The van der Waals surface area contributed by atoms with Gasteiger partial charge >= 0.3 is 0 Å². The van der Waals surface area contributed by atoms with E-state index in [-0.39, 0.29) is 4.90 Å². The van der Waals surface area contributed by atoms with E-state index >= 15 is 0 Å². The van der Waals surface area contributed by atoms with Crippen LogP contribution in [0.1, 0.15) is 16.7 Å². The Morgan fingerprint density at radius 1 is 0.818 bits per heavy atom. The molecule has 174 valence electrons. The number of aromatic nitrogens is 1. The van der Waals surface area contributed by atoms with Crippen molar-refractivity contribution in [1.29, 1.82) is 5.26 Å². The van der Waals surface area contributed by atoms with Crippen molar-refractivity contribution in [3.8, 4) is 6.07 Å². The van der Waals surface area contributed by atoms with Gasteiger partial charge in [-0.25, -0.2) is 4.98 Å². The van der Waals surface area contributed by atoms with E-state index in [1.807, 2.05) is 44.2 Å². The Bertz CT molecular complexity index is 1380. The number of para-hydroxylation sites is 1. The standard InChI is InChI=1S/C20H18N4O3S.CH4O3S/c1-13-14(2)19(22-16-8-10-17(11-9-16)28(25,26)27)24-20(18(13)12-21)23-15-6-4-3-5-7-15;1-5(2,3)4/h3-11H,1-2H3,(H2,22,23,24)(H,25,26,27);1H3,(H,2,3,4). The Morgan fingerprint density at radius 3 is 1.79 bits per heavy atom. The van der Waals surface area contributed by atoms with Crippen molar-refractivity contribution < 1.29 is 25.9 Å². The SMILES string of the molecule is CS(=O)(=O)O.Cc1c(Nc2ccc(S(=O)(=O)O)cc2)nc(Nc2ccccc2)c(C#N)c1C. The second kappa shape index (κ2) is 10.4. The number of rotatable bonds is 5. The van der Waals surface area contributed by atoms with Gasteiger partial charge in [-0.15, -0.1) is 0 Å². The fraction of sp³-hybridized carbons (Fsp3) is 0.143. The highest BCUT2D eigenvalue weighted by Crippen LogP contribution is 2.30. The molecule has 1 aromatic heterocycles. The molecule has 0 unspecified atom stereocenters. The maximum atomic E-state index is 11.2. The Balaban J connectivity index is 0.000000696. The number of nitriles is 1. The molecular formula is C21H22N4O6S2. The lowest BCUT2D eigenvalue weighted by molar-refractivity contribution is 0.482. The first kappa shape index (κ1) is 25.8. The highest BCUT2D eigenvalue weighted by atomic mass is 32.2. The molecular weight excluding hydrogens is 468 g/mol. The third kappa shape index (κ3) is 7.85. The zero-order chi connectivity index (χ0) is 24.8. The maximum Gasteiger partial charge on any atom is 0.294 e. The van der Waals surface area contributed by atoms with E-state index in [0.29, 0.717) is 29.1 Å². The molecule has 0 aliphatic heterocycles. The summed E-state index contributed by atoms with van der Waals surface area (Å²) in [5.41, 5.74) is 3.44. The molecule has 4 N–H and O–H groups in total. The van der Waals surface area contributed by atoms with Crippen LogP contribution in [0.4, 0.5) is 23.0 Å². The average Bonchev–Trinajstić information content (AvgIpc) is 2.71. The molecule has 0 saturated carbocycles. The summed E-state index contributed by atoms with van der Waals surface area (Å²) < 4.78 is 57.3. The number of hydrogen-bond acceptors (Lipinski definition) is 8. The second-order valence-electron chi connectivity index (χ2n) is 6.89. The van der Waals surface area contributed by atoms with Gasteiger partial charge in [-0.3, -0.25) is 9.11 Å². The fourth-order valence-electron chi connectivity index (χ4n) is 2.65. The minimum absolute atomic E-state index is 0.190. The number of anilines is 4. The van der Waals surface area contributed by atoms with Gasteiger partial charge in [0.05, 0.1) is 16.7 Å².